The van der Waals surface area contributed by atoms with E-state index in [9.17, 15) is 8.78 Å². The highest BCUT2D eigenvalue weighted by Crippen LogP contribution is 2.28. The van der Waals surface area contributed by atoms with Gasteiger partial charge in [-0.1, -0.05) is 38.6 Å². The summed E-state index contributed by atoms with van der Waals surface area (Å²) in [5.74, 6) is -0.518. The number of nitrogens with zero attached hydrogens (tertiary/aromatic N) is 6. The van der Waals surface area contributed by atoms with Crippen molar-refractivity contribution in [3.63, 3.8) is 0 Å². The number of alkyl halides is 1. The molecule has 1 atom stereocenters. The van der Waals surface area contributed by atoms with Gasteiger partial charge in [-0.15, -0.1) is 10.2 Å². The van der Waals surface area contributed by atoms with Crippen LogP contribution in [0.4, 0.5) is 8.78 Å². The van der Waals surface area contributed by atoms with Crippen LogP contribution < -0.4 is 5.73 Å². The third-order valence-corrected chi connectivity index (χ3v) is 5.47. The summed E-state index contributed by atoms with van der Waals surface area (Å²) >= 11 is 4.60. The molecule has 0 saturated carbocycles. The number of hydrogen-bond acceptors (Lipinski definition) is 7. The number of aromatic nitrogens is 3. The van der Waals surface area contributed by atoms with Crippen LogP contribution in [0.5, 0.6) is 0 Å². The lowest BCUT2D eigenvalue weighted by atomic mass is 9.91. The molecule has 0 amide bonds. The van der Waals surface area contributed by atoms with Gasteiger partial charge in [0.2, 0.25) is 5.96 Å². The van der Waals surface area contributed by atoms with Crippen molar-refractivity contribution in [2.45, 2.75) is 32.1 Å². The minimum atomic E-state index is -0.575. The number of hydrogen-bond donors (Lipinski definition) is 2. The molecule has 0 radical (unpaired) electrons. The largest absolute Gasteiger partial charge is 0.367 e. The Labute approximate surface area is 179 Å². The van der Waals surface area contributed by atoms with Gasteiger partial charge < -0.3 is 5.73 Å². The Kier molecular flexibility index (Phi) is 6.25. The maximum Gasteiger partial charge on any atom is 0.237 e. The molecule has 0 spiro atoms. The Bertz CT molecular complexity index is 1050. The van der Waals surface area contributed by atoms with Crippen LogP contribution in [0, 0.1) is 5.92 Å². The average Bonchev–Trinajstić information content (AvgIpc) is 3.08. The first-order valence-electron chi connectivity index (χ1n) is 9.47. The second-order valence-corrected chi connectivity index (χ2v) is 8.85. The molecule has 7 nitrogen and oxygen atoms in total. The van der Waals surface area contributed by atoms with Gasteiger partial charge in [-0.05, 0) is 17.7 Å². The number of fused-ring (bicyclic) bond motifs is 1. The smallest absolute Gasteiger partial charge is 0.237 e. The first-order chi connectivity index (χ1) is 14.1. The highest BCUT2D eigenvalue weighted by atomic mass is 32.1. The molecule has 2 heterocycles. The predicted octanol–water partition coefficient (Wildman–Crippen LogP) is 3.56. The topological polar surface area (TPSA) is 84.7 Å². The van der Waals surface area contributed by atoms with E-state index in [0.717, 1.165) is 5.71 Å². The second kappa shape index (κ2) is 8.55. The van der Waals surface area contributed by atoms with Gasteiger partial charge in [0.1, 0.15) is 18.0 Å². The summed E-state index contributed by atoms with van der Waals surface area (Å²) in [5.41, 5.74) is 8.49. The molecule has 2 aromatic rings. The van der Waals surface area contributed by atoms with E-state index in [1.54, 1.807) is 18.2 Å². The van der Waals surface area contributed by atoms with Gasteiger partial charge in [0, 0.05) is 21.9 Å². The van der Waals surface area contributed by atoms with Crippen LogP contribution in [0.3, 0.4) is 0 Å². The summed E-state index contributed by atoms with van der Waals surface area (Å²) in [7, 11) is 0. The van der Waals surface area contributed by atoms with Crippen LogP contribution in [0.1, 0.15) is 26.3 Å². The van der Waals surface area contributed by atoms with Crippen LogP contribution in [0.2, 0.25) is 0 Å². The number of guanidine groups is 1. The molecular weight excluding hydrogens is 408 g/mol. The molecule has 3 rings (SSSR count). The van der Waals surface area contributed by atoms with Crippen molar-refractivity contribution in [2.24, 2.45) is 21.7 Å². The minimum absolute atomic E-state index is 0.00254. The Balaban J connectivity index is 1.83. The number of aryl methyl sites for hydroxylation is 1. The minimum Gasteiger partial charge on any atom is -0.367 e. The SMILES string of the molecule is C=C(/C(F)=C\N1CC(C(C)C(C)(C)S)=NC(N)=N1)c1ccc2nnn(CCF)c2c1. The maximum atomic E-state index is 15.0. The van der Waals surface area contributed by atoms with E-state index in [0.29, 0.717) is 23.1 Å². The molecule has 0 saturated heterocycles. The van der Waals surface area contributed by atoms with Crippen molar-refractivity contribution >= 4 is 40.9 Å². The molecule has 1 aromatic heterocycles. The predicted molar refractivity (Wildman–Crippen MR) is 120 cm³/mol. The van der Waals surface area contributed by atoms with Crippen molar-refractivity contribution < 1.29 is 8.78 Å². The third kappa shape index (κ3) is 4.69. The van der Waals surface area contributed by atoms with E-state index in [-0.39, 0.29) is 28.7 Å². The van der Waals surface area contributed by atoms with Crippen molar-refractivity contribution in [3.8, 4) is 0 Å². The molecule has 10 heteroatoms. The summed E-state index contributed by atoms with van der Waals surface area (Å²) in [5, 5.41) is 13.4. The highest BCUT2D eigenvalue weighted by Gasteiger charge is 2.29. The number of hydrazone groups is 1. The molecule has 1 unspecified atom stereocenters. The lowest BCUT2D eigenvalue weighted by Crippen LogP contribution is -2.39. The number of allylic oxidation sites excluding steroid dienone is 2. The fourth-order valence-electron chi connectivity index (χ4n) is 3.00. The van der Waals surface area contributed by atoms with Gasteiger partial charge in [0.15, 0.2) is 0 Å². The summed E-state index contributed by atoms with van der Waals surface area (Å²) < 4.78 is 28.8. The van der Waals surface area contributed by atoms with Crippen LogP contribution in [-0.4, -0.2) is 49.6 Å². The lowest BCUT2D eigenvalue weighted by Gasteiger charge is -2.31. The lowest BCUT2D eigenvalue weighted by molar-refractivity contribution is 0.420. The Morgan fingerprint density at radius 3 is 2.83 bits per heavy atom. The molecule has 0 bridgehead atoms. The van der Waals surface area contributed by atoms with E-state index in [4.69, 9.17) is 5.73 Å². The summed E-state index contributed by atoms with van der Waals surface area (Å²) in [6, 6.07) is 5.08. The first-order valence-corrected chi connectivity index (χ1v) is 9.91. The van der Waals surface area contributed by atoms with Crippen LogP contribution >= 0.6 is 12.6 Å². The molecule has 1 aliphatic rings. The number of nitrogens with two attached hydrogens (primary N) is 1. The standard InChI is InChI=1S/C20H25F2N7S/c1-12(14-5-6-16-18(9-14)29(8-7-21)27-25-16)15(22)10-28-11-17(24-19(23)26-28)13(2)20(3,4)30/h5-6,9-10,13,30H,1,7-8,11H2,2-4H3,(H2,23,26)/b15-10+. The number of rotatable bonds is 7. The summed E-state index contributed by atoms with van der Waals surface area (Å²) in [6.45, 7) is 9.60. The van der Waals surface area contributed by atoms with Crippen molar-refractivity contribution in [3.05, 3.63) is 42.4 Å². The summed E-state index contributed by atoms with van der Waals surface area (Å²) in [4.78, 5) is 4.30. The molecule has 2 N–H and O–H groups in total. The molecule has 160 valence electrons. The van der Waals surface area contributed by atoms with E-state index < -0.39 is 12.5 Å². The third-order valence-electron chi connectivity index (χ3n) is 5.08. The zero-order chi connectivity index (χ0) is 22.1. The van der Waals surface area contributed by atoms with E-state index in [1.165, 1.54) is 15.9 Å². The van der Waals surface area contributed by atoms with Gasteiger partial charge in [-0.2, -0.15) is 12.6 Å². The van der Waals surface area contributed by atoms with Crippen molar-refractivity contribution in [1.29, 1.82) is 0 Å². The zero-order valence-corrected chi connectivity index (χ0v) is 18.1. The molecule has 30 heavy (non-hydrogen) atoms. The van der Waals surface area contributed by atoms with E-state index in [1.807, 2.05) is 20.8 Å². The van der Waals surface area contributed by atoms with E-state index >= 15 is 0 Å². The summed E-state index contributed by atoms with van der Waals surface area (Å²) in [6.07, 6.45) is 1.24. The van der Waals surface area contributed by atoms with Crippen LogP contribution in [0.25, 0.3) is 16.6 Å². The fraction of sp³-hybridized carbons (Fsp3) is 0.400. The average molecular weight is 434 g/mol. The monoisotopic (exact) mass is 433 g/mol. The van der Waals surface area contributed by atoms with Crippen LogP contribution in [-0.2, 0) is 6.54 Å². The van der Waals surface area contributed by atoms with Gasteiger partial charge in [0.05, 0.1) is 24.8 Å². The normalized spacial score (nSPS) is 16.5. The van der Waals surface area contributed by atoms with Gasteiger partial charge >= 0.3 is 0 Å². The molecule has 1 aliphatic heterocycles. The number of thiol groups is 1. The second-order valence-electron chi connectivity index (χ2n) is 7.69. The molecular formula is C20H25F2N7S. The van der Waals surface area contributed by atoms with Gasteiger partial charge in [-0.3, -0.25) is 5.01 Å². The number of benzene rings is 1. The van der Waals surface area contributed by atoms with Crippen LogP contribution in [0.15, 0.2) is 46.9 Å². The molecule has 0 fully saturated rings. The maximum absolute atomic E-state index is 15.0. The zero-order valence-electron chi connectivity index (χ0n) is 17.2. The Morgan fingerprint density at radius 2 is 2.17 bits per heavy atom. The molecule has 1 aromatic carbocycles. The first kappa shape index (κ1) is 21.9. The van der Waals surface area contributed by atoms with Gasteiger partial charge in [0.25, 0.3) is 0 Å². The Morgan fingerprint density at radius 1 is 1.43 bits per heavy atom. The fourth-order valence-corrected chi connectivity index (χ4v) is 3.15. The van der Waals surface area contributed by atoms with E-state index in [2.05, 4.69) is 39.6 Å². The van der Waals surface area contributed by atoms with Crippen molar-refractivity contribution in [1.82, 2.24) is 20.0 Å². The quantitative estimate of drug-likeness (QED) is 0.517. The number of halogens is 2. The number of aliphatic imine (C=N–C) groups is 1. The Hall–Kier alpha value is -2.75. The highest BCUT2D eigenvalue weighted by molar-refractivity contribution is 7.81. The van der Waals surface area contributed by atoms with Crippen molar-refractivity contribution in [2.75, 3.05) is 13.2 Å². The van der Waals surface area contributed by atoms with Gasteiger partial charge in [-0.25, -0.2) is 18.5 Å². The molecule has 0 aliphatic carbocycles.